The third-order valence-electron chi connectivity index (χ3n) is 4.21. The topological polar surface area (TPSA) is 121 Å². The molecule has 0 aliphatic carbocycles. The maximum absolute atomic E-state index is 12.8. The molecule has 8 nitrogen and oxygen atoms in total. The Kier molecular flexibility index (Phi) is 3.62. The summed E-state index contributed by atoms with van der Waals surface area (Å²) in [5, 5.41) is 15.8. The van der Waals surface area contributed by atoms with Gasteiger partial charge in [0.05, 0.1) is 21.5 Å². The zero-order chi connectivity index (χ0) is 18.5. The molecule has 0 fully saturated rings. The van der Waals surface area contributed by atoms with E-state index < -0.39 is 16.0 Å². The first-order chi connectivity index (χ1) is 12.3. The number of carboxylic acids is 1. The number of sulfonamides is 1. The lowest BCUT2D eigenvalue weighted by atomic mass is 10.1. The van der Waals surface area contributed by atoms with E-state index in [0.717, 1.165) is 5.56 Å². The molecule has 3 N–H and O–H groups in total. The van der Waals surface area contributed by atoms with Gasteiger partial charge in [0.25, 0.3) is 10.0 Å². The van der Waals surface area contributed by atoms with Crippen molar-refractivity contribution in [1.82, 2.24) is 10.2 Å². The van der Waals surface area contributed by atoms with Crippen molar-refractivity contribution in [2.75, 3.05) is 4.72 Å². The molecule has 1 atom stereocenters. The van der Waals surface area contributed by atoms with Crippen LogP contribution in [0.25, 0.3) is 10.9 Å². The fraction of sp³-hybridized carbons (Fsp3) is 0.176. The lowest BCUT2D eigenvalue weighted by molar-refractivity contribution is 0.0692. The summed E-state index contributed by atoms with van der Waals surface area (Å²) >= 11 is 0. The Hall–Kier alpha value is -3.07. The van der Waals surface area contributed by atoms with Crippen LogP contribution in [0.5, 0.6) is 5.75 Å². The minimum absolute atomic E-state index is 0.00807. The summed E-state index contributed by atoms with van der Waals surface area (Å²) in [7, 11) is -3.90. The monoisotopic (exact) mass is 373 g/mol. The average molecular weight is 373 g/mol. The van der Waals surface area contributed by atoms with E-state index in [9.17, 15) is 18.3 Å². The molecule has 9 heteroatoms. The van der Waals surface area contributed by atoms with Gasteiger partial charge in [0, 0.05) is 6.42 Å². The van der Waals surface area contributed by atoms with E-state index in [-0.39, 0.29) is 27.8 Å². The van der Waals surface area contributed by atoms with Crippen LogP contribution < -0.4 is 9.46 Å². The summed E-state index contributed by atoms with van der Waals surface area (Å²) in [4.78, 5) is 11.4. The molecule has 134 valence electrons. The first-order valence-corrected chi connectivity index (χ1v) is 9.36. The van der Waals surface area contributed by atoms with Gasteiger partial charge in [-0.2, -0.15) is 5.10 Å². The SMILES string of the molecule is CC1Cc2cc(S(=O)(=O)Nc3cccc4[nH]nc(C(=O)O)c34)ccc2O1. The van der Waals surface area contributed by atoms with E-state index in [1.165, 1.54) is 12.1 Å². The molecule has 0 spiro atoms. The molecule has 26 heavy (non-hydrogen) atoms. The molecule has 2 aromatic carbocycles. The first kappa shape index (κ1) is 16.4. The number of fused-ring (bicyclic) bond motifs is 2. The molecule has 0 saturated heterocycles. The van der Waals surface area contributed by atoms with Gasteiger partial charge in [0.2, 0.25) is 0 Å². The second kappa shape index (κ2) is 5.73. The second-order valence-corrected chi connectivity index (χ2v) is 7.80. The molecule has 0 radical (unpaired) electrons. The summed E-state index contributed by atoms with van der Waals surface area (Å²) in [5.74, 6) is -0.562. The standard InChI is InChI=1S/C17H15N3O5S/c1-9-7-10-8-11(5-6-14(10)25-9)26(23,24)20-13-4-2-3-12-15(13)16(17(21)22)19-18-12/h2-6,8-9,20H,7H2,1H3,(H,18,19)(H,21,22). The average Bonchev–Trinajstić information content (AvgIpc) is 3.16. The summed E-state index contributed by atoms with van der Waals surface area (Å²) < 4.78 is 33.7. The van der Waals surface area contributed by atoms with Crippen molar-refractivity contribution in [2.45, 2.75) is 24.3 Å². The fourth-order valence-corrected chi connectivity index (χ4v) is 4.20. The highest BCUT2D eigenvalue weighted by atomic mass is 32.2. The number of hydrogen-bond donors (Lipinski definition) is 3. The molecule has 3 aromatic rings. The minimum Gasteiger partial charge on any atom is -0.490 e. The number of nitrogens with zero attached hydrogens (tertiary/aromatic N) is 1. The highest BCUT2D eigenvalue weighted by molar-refractivity contribution is 7.92. The lowest BCUT2D eigenvalue weighted by Gasteiger charge is -2.10. The predicted octanol–water partition coefficient (Wildman–Crippen LogP) is 2.39. The van der Waals surface area contributed by atoms with Gasteiger partial charge in [-0.1, -0.05) is 6.07 Å². The van der Waals surface area contributed by atoms with Gasteiger partial charge in [-0.3, -0.25) is 9.82 Å². The summed E-state index contributed by atoms with van der Waals surface area (Å²) in [6.45, 7) is 1.92. The Morgan fingerprint density at radius 3 is 2.92 bits per heavy atom. The zero-order valence-electron chi connectivity index (χ0n) is 13.7. The van der Waals surface area contributed by atoms with Crippen LogP contribution in [0.2, 0.25) is 0 Å². The Labute approximate surface area is 148 Å². The number of ether oxygens (including phenoxy) is 1. The van der Waals surface area contributed by atoms with Crippen LogP contribution in [0.3, 0.4) is 0 Å². The quantitative estimate of drug-likeness (QED) is 0.645. The van der Waals surface area contributed by atoms with E-state index in [1.807, 2.05) is 6.92 Å². The maximum atomic E-state index is 12.8. The molecule has 0 bridgehead atoms. The van der Waals surface area contributed by atoms with Gasteiger partial charge in [-0.05, 0) is 42.8 Å². The van der Waals surface area contributed by atoms with Crippen LogP contribution in [-0.4, -0.2) is 35.8 Å². The Morgan fingerprint density at radius 2 is 2.15 bits per heavy atom. The first-order valence-electron chi connectivity index (χ1n) is 7.88. The van der Waals surface area contributed by atoms with E-state index in [4.69, 9.17) is 4.74 Å². The third kappa shape index (κ3) is 2.66. The van der Waals surface area contributed by atoms with Gasteiger partial charge in [0.15, 0.2) is 5.69 Å². The van der Waals surface area contributed by atoms with Gasteiger partial charge in [-0.25, -0.2) is 13.2 Å². The molecule has 4 rings (SSSR count). The van der Waals surface area contributed by atoms with E-state index in [1.54, 1.807) is 24.3 Å². The van der Waals surface area contributed by atoms with Crippen molar-refractivity contribution in [3.8, 4) is 5.75 Å². The molecule has 1 aliphatic heterocycles. The Bertz CT molecular complexity index is 1140. The van der Waals surface area contributed by atoms with Gasteiger partial charge < -0.3 is 9.84 Å². The van der Waals surface area contributed by atoms with Crippen LogP contribution in [0.1, 0.15) is 23.0 Å². The molecule has 1 aromatic heterocycles. The molecule has 0 amide bonds. The van der Waals surface area contributed by atoms with Crippen molar-refractivity contribution in [2.24, 2.45) is 0 Å². The zero-order valence-corrected chi connectivity index (χ0v) is 14.5. The van der Waals surface area contributed by atoms with Crippen molar-refractivity contribution in [3.63, 3.8) is 0 Å². The van der Waals surface area contributed by atoms with Crippen molar-refractivity contribution < 1.29 is 23.1 Å². The van der Waals surface area contributed by atoms with Crippen LogP contribution in [0, 0.1) is 0 Å². The highest BCUT2D eigenvalue weighted by Crippen LogP contribution is 2.32. The lowest BCUT2D eigenvalue weighted by Crippen LogP contribution is -2.14. The number of anilines is 1. The largest absolute Gasteiger partial charge is 0.490 e. The molecule has 2 heterocycles. The molecular formula is C17H15N3O5S. The second-order valence-electron chi connectivity index (χ2n) is 6.11. The molecule has 1 aliphatic rings. The number of carbonyl (C=O) groups is 1. The normalized spacial score (nSPS) is 16.3. The predicted molar refractivity (Wildman–Crippen MR) is 94.1 cm³/mol. The van der Waals surface area contributed by atoms with Gasteiger partial charge >= 0.3 is 5.97 Å². The van der Waals surface area contributed by atoms with E-state index in [0.29, 0.717) is 17.7 Å². The number of aromatic nitrogens is 2. The van der Waals surface area contributed by atoms with Crippen LogP contribution in [0.4, 0.5) is 5.69 Å². The highest BCUT2D eigenvalue weighted by Gasteiger charge is 2.24. The van der Waals surface area contributed by atoms with Crippen molar-refractivity contribution >= 4 is 32.6 Å². The molecule has 0 saturated carbocycles. The number of carboxylic acid groups (broad SMARTS) is 1. The van der Waals surface area contributed by atoms with E-state index >= 15 is 0 Å². The smallest absolute Gasteiger partial charge is 0.357 e. The number of hydrogen-bond acceptors (Lipinski definition) is 5. The van der Waals surface area contributed by atoms with Crippen LogP contribution in [0.15, 0.2) is 41.3 Å². The minimum atomic E-state index is -3.90. The van der Waals surface area contributed by atoms with Crippen LogP contribution >= 0.6 is 0 Å². The number of aromatic carboxylic acids is 1. The van der Waals surface area contributed by atoms with Crippen LogP contribution in [-0.2, 0) is 16.4 Å². The fourth-order valence-electron chi connectivity index (χ4n) is 3.08. The Balaban J connectivity index is 1.76. The number of benzene rings is 2. The Morgan fingerprint density at radius 1 is 1.35 bits per heavy atom. The van der Waals surface area contributed by atoms with Gasteiger partial charge in [-0.15, -0.1) is 0 Å². The summed E-state index contributed by atoms with van der Waals surface area (Å²) in [5.41, 5.74) is 1.17. The van der Waals surface area contributed by atoms with Crippen molar-refractivity contribution in [1.29, 1.82) is 0 Å². The van der Waals surface area contributed by atoms with Gasteiger partial charge in [0.1, 0.15) is 11.9 Å². The number of nitrogens with one attached hydrogen (secondary N) is 2. The molecular weight excluding hydrogens is 358 g/mol. The third-order valence-corrected chi connectivity index (χ3v) is 5.58. The number of aromatic amines is 1. The summed E-state index contributed by atoms with van der Waals surface area (Å²) in [6, 6.07) is 9.42. The summed E-state index contributed by atoms with van der Waals surface area (Å²) in [6.07, 6.45) is 0.646. The number of rotatable bonds is 4. The van der Waals surface area contributed by atoms with E-state index in [2.05, 4.69) is 14.9 Å². The number of H-pyrrole nitrogens is 1. The maximum Gasteiger partial charge on any atom is 0.357 e. The van der Waals surface area contributed by atoms with Crippen molar-refractivity contribution in [3.05, 3.63) is 47.7 Å². The molecule has 1 unspecified atom stereocenters.